The molecule has 2 heterocycles. The minimum Gasteiger partial charge on any atom is -0.497 e. The highest BCUT2D eigenvalue weighted by atomic mass is 19.4. The van der Waals surface area contributed by atoms with Gasteiger partial charge in [0, 0.05) is 63.1 Å². The number of hydrogen-bond acceptors (Lipinski definition) is 7. The number of likely N-dealkylation sites (N-methyl/N-ethyl adjacent to an activating group) is 1. The summed E-state index contributed by atoms with van der Waals surface area (Å²) in [5.74, 6) is -6.67. The van der Waals surface area contributed by atoms with Gasteiger partial charge in [-0.1, -0.05) is 0 Å². The highest BCUT2D eigenvalue weighted by molar-refractivity contribution is 6.05. The third-order valence-corrected chi connectivity index (χ3v) is 7.56. The molecule has 47 heavy (non-hydrogen) atoms. The maximum atomic E-state index is 15.4. The number of carbonyl (C=O) groups is 3. The predicted octanol–water partition coefficient (Wildman–Crippen LogP) is 3.55. The van der Waals surface area contributed by atoms with Crippen LogP contribution in [0, 0.1) is 18.6 Å². The van der Waals surface area contributed by atoms with E-state index in [1.54, 1.807) is 0 Å². The van der Waals surface area contributed by atoms with Crippen molar-refractivity contribution in [3.8, 4) is 11.5 Å². The van der Waals surface area contributed by atoms with Crippen LogP contribution in [0.15, 0.2) is 53.5 Å². The van der Waals surface area contributed by atoms with Crippen molar-refractivity contribution in [3.63, 3.8) is 0 Å². The number of halogens is 5. The fourth-order valence-corrected chi connectivity index (χ4v) is 5.35. The van der Waals surface area contributed by atoms with Crippen molar-refractivity contribution in [2.75, 3.05) is 46.4 Å². The number of amides is 3. The molecule has 16 heteroatoms. The van der Waals surface area contributed by atoms with E-state index >= 15 is 8.78 Å². The van der Waals surface area contributed by atoms with E-state index in [4.69, 9.17) is 9.47 Å². The predicted molar refractivity (Wildman–Crippen MR) is 157 cm³/mol. The van der Waals surface area contributed by atoms with Gasteiger partial charge >= 0.3 is 6.36 Å². The second-order valence-corrected chi connectivity index (χ2v) is 10.8. The largest absolute Gasteiger partial charge is 0.573 e. The zero-order valence-electron chi connectivity index (χ0n) is 25.9. The molecule has 1 aromatic heterocycles. The molecule has 0 spiro atoms. The Morgan fingerprint density at radius 3 is 2.17 bits per heavy atom. The molecule has 2 aromatic carbocycles. The maximum Gasteiger partial charge on any atom is 0.573 e. The van der Waals surface area contributed by atoms with E-state index in [0.717, 1.165) is 45.9 Å². The van der Waals surface area contributed by atoms with Gasteiger partial charge in [-0.3, -0.25) is 23.7 Å². The molecule has 3 amide bonds. The SMILES string of the molecule is COCC(C(=O)N(C)C)n1ccc(C)c(N2C[C@@H](c3c(F)cc(OC)cc3F)[C@H](NC(=O)c3ccc(OC(F)(F)F)cc3)C2=O)c1=O. The van der Waals surface area contributed by atoms with E-state index in [2.05, 4.69) is 10.1 Å². The van der Waals surface area contributed by atoms with Crippen molar-refractivity contribution in [1.82, 2.24) is 14.8 Å². The lowest BCUT2D eigenvalue weighted by Crippen LogP contribution is -2.45. The van der Waals surface area contributed by atoms with Crippen molar-refractivity contribution >= 4 is 23.4 Å². The van der Waals surface area contributed by atoms with Gasteiger partial charge in [0.05, 0.1) is 13.7 Å². The van der Waals surface area contributed by atoms with Gasteiger partial charge < -0.3 is 29.3 Å². The minimum absolute atomic E-state index is 0.150. The van der Waals surface area contributed by atoms with Crippen LogP contribution in [0.2, 0.25) is 0 Å². The van der Waals surface area contributed by atoms with E-state index in [9.17, 15) is 32.3 Å². The Labute approximate surface area is 265 Å². The van der Waals surface area contributed by atoms with Crippen molar-refractivity contribution < 1.29 is 50.5 Å². The van der Waals surface area contributed by atoms with E-state index in [1.165, 1.54) is 52.4 Å². The molecule has 1 aliphatic heterocycles. The number of alkyl halides is 3. The molecule has 0 bridgehead atoms. The van der Waals surface area contributed by atoms with Crippen LogP contribution in [0.25, 0.3) is 0 Å². The number of rotatable bonds is 10. The first-order chi connectivity index (χ1) is 22.1. The van der Waals surface area contributed by atoms with Crippen LogP contribution in [0.3, 0.4) is 0 Å². The third-order valence-electron chi connectivity index (χ3n) is 7.56. The summed E-state index contributed by atoms with van der Waals surface area (Å²) >= 11 is 0. The van der Waals surface area contributed by atoms with Crippen LogP contribution in [-0.2, 0) is 14.3 Å². The maximum absolute atomic E-state index is 15.4. The number of benzene rings is 2. The van der Waals surface area contributed by atoms with Crippen LogP contribution in [0.5, 0.6) is 11.5 Å². The third kappa shape index (κ3) is 7.37. The van der Waals surface area contributed by atoms with Crippen LogP contribution in [0.4, 0.5) is 27.6 Å². The summed E-state index contributed by atoms with van der Waals surface area (Å²) in [6, 6.07) is 4.29. The second-order valence-electron chi connectivity index (χ2n) is 10.8. The Kier molecular flexibility index (Phi) is 10.2. The Balaban J connectivity index is 1.79. The number of methoxy groups -OCH3 is 2. The molecule has 1 aliphatic rings. The van der Waals surface area contributed by atoms with Gasteiger partial charge in [0.1, 0.15) is 40.9 Å². The van der Waals surface area contributed by atoms with Gasteiger partial charge in [-0.2, -0.15) is 0 Å². The number of anilines is 1. The molecule has 3 atom stereocenters. The van der Waals surface area contributed by atoms with Crippen molar-refractivity contribution in [1.29, 1.82) is 0 Å². The van der Waals surface area contributed by atoms with Crippen LogP contribution >= 0.6 is 0 Å². The Morgan fingerprint density at radius 2 is 1.64 bits per heavy atom. The number of nitrogens with zero attached hydrogens (tertiary/aromatic N) is 3. The standard InChI is InChI=1S/C31H31F5N4O7/c1-16-10-11-39(23(15-45-4)28(42)38(2)3)30(44)26(16)40-14-20(24-21(32)12-19(46-5)13-22(24)33)25(29(40)43)37-27(41)17-6-8-18(9-7-17)47-31(34,35)36/h6-13,20,23,25H,14-15H2,1-5H3,(H,37,41)/t20-,23?,25-/m0/s1. The molecule has 4 rings (SSSR count). The topological polar surface area (TPSA) is 119 Å². The number of nitrogens with one attached hydrogen (secondary N) is 1. The summed E-state index contributed by atoms with van der Waals surface area (Å²) in [5, 5.41) is 2.43. The summed E-state index contributed by atoms with van der Waals surface area (Å²) < 4.78 is 83.6. The smallest absolute Gasteiger partial charge is 0.497 e. The quantitative estimate of drug-likeness (QED) is 0.329. The van der Waals surface area contributed by atoms with Gasteiger partial charge in [0.2, 0.25) is 11.8 Å². The minimum atomic E-state index is -4.97. The molecule has 1 fully saturated rings. The molecule has 11 nitrogen and oxygen atoms in total. The molecule has 1 unspecified atom stereocenters. The molecule has 3 aromatic rings. The average molecular weight is 667 g/mol. The van der Waals surface area contributed by atoms with Gasteiger partial charge in [-0.05, 0) is 42.8 Å². The normalized spacial score (nSPS) is 17.0. The van der Waals surface area contributed by atoms with Crippen LogP contribution in [-0.4, -0.2) is 81.1 Å². The lowest BCUT2D eigenvalue weighted by Gasteiger charge is -2.25. The highest BCUT2D eigenvalue weighted by Gasteiger charge is 2.46. The average Bonchev–Trinajstić information content (AvgIpc) is 3.29. The van der Waals surface area contributed by atoms with Gasteiger partial charge in [-0.25, -0.2) is 8.78 Å². The summed E-state index contributed by atoms with van der Waals surface area (Å²) in [4.78, 5) is 56.3. The Hall–Kier alpha value is -4.99. The van der Waals surface area contributed by atoms with Crippen molar-refractivity contribution in [2.24, 2.45) is 0 Å². The van der Waals surface area contributed by atoms with Gasteiger partial charge in [0.25, 0.3) is 11.5 Å². The highest BCUT2D eigenvalue weighted by Crippen LogP contribution is 2.37. The van der Waals surface area contributed by atoms with E-state index in [0.29, 0.717) is 0 Å². The number of pyridine rings is 1. The van der Waals surface area contributed by atoms with E-state index in [-0.39, 0.29) is 29.2 Å². The summed E-state index contributed by atoms with van der Waals surface area (Å²) in [6.45, 7) is 0.857. The fraction of sp³-hybridized carbons (Fsp3) is 0.355. The zero-order valence-corrected chi connectivity index (χ0v) is 25.9. The first-order valence-electron chi connectivity index (χ1n) is 14.0. The number of aryl methyl sites for hydroxylation is 1. The lowest BCUT2D eigenvalue weighted by atomic mass is 9.92. The Morgan fingerprint density at radius 1 is 1.02 bits per heavy atom. The van der Waals surface area contributed by atoms with Crippen molar-refractivity contribution in [2.45, 2.75) is 31.3 Å². The lowest BCUT2D eigenvalue weighted by molar-refractivity contribution is -0.274. The zero-order chi connectivity index (χ0) is 34.8. The van der Waals surface area contributed by atoms with Crippen molar-refractivity contribution in [3.05, 3.63) is 87.3 Å². The molecule has 1 N–H and O–H groups in total. The summed E-state index contributed by atoms with van der Waals surface area (Å²) in [5.41, 5.74) is -1.46. The fourth-order valence-electron chi connectivity index (χ4n) is 5.35. The number of hydrogen-bond donors (Lipinski definition) is 1. The number of carbonyl (C=O) groups excluding carboxylic acids is 3. The first kappa shape index (κ1) is 34.9. The molecule has 0 radical (unpaired) electrons. The molecular weight excluding hydrogens is 635 g/mol. The molecule has 1 saturated heterocycles. The molecule has 0 aliphatic carbocycles. The Bertz CT molecular complexity index is 1700. The molecular formula is C31H31F5N4O7. The molecule has 0 saturated carbocycles. The molecule has 252 valence electrons. The van der Waals surface area contributed by atoms with E-state index in [1.807, 2.05) is 0 Å². The van der Waals surface area contributed by atoms with Crippen LogP contribution < -0.4 is 25.2 Å². The van der Waals surface area contributed by atoms with Gasteiger partial charge in [-0.15, -0.1) is 13.2 Å². The van der Waals surface area contributed by atoms with Gasteiger partial charge in [0.15, 0.2) is 0 Å². The number of ether oxygens (including phenoxy) is 3. The monoisotopic (exact) mass is 666 g/mol. The second kappa shape index (κ2) is 13.8. The number of aromatic nitrogens is 1. The summed E-state index contributed by atoms with van der Waals surface area (Å²) in [6.07, 6.45) is -3.61. The first-order valence-corrected chi connectivity index (χ1v) is 14.0. The van der Waals surface area contributed by atoms with E-state index < -0.39 is 77.1 Å². The van der Waals surface area contributed by atoms with Crippen LogP contribution in [0.1, 0.15) is 33.4 Å². The summed E-state index contributed by atoms with van der Waals surface area (Å²) in [7, 11) is 5.51.